The van der Waals surface area contributed by atoms with Crippen molar-refractivity contribution in [2.75, 3.05) is 5.75 Å². The van der Waals surface area contributed by atoms with Crippen molar-refractivity contribution in [2.24, 2.45) is 0 Å². The fourth-order valence-corrected chi connectivity index (χ4v) is 5.26. The van der Waals surface area contributed by atoms with Crippen LogP contribution in [0, 0.1) is 6.92 Å². The van der Waals surface area contributed by atoms with Crippen molar-refractivity contribution in [3.05, 3.63) is 65.7 Å². The number of hydrogen-bond donors (Lipinski definition) is 1. The van der Waals surface area contributed by atoms with Gasteiger partial charge in [0.1, 0.15) is 0 Å². The summed E-state index contributed by atoms with van der Waals surface area (Å²) >= 11 is 1.56. The molecule has 0 unspecified atom stereocenters. The number of hydrogen-bond acceptors (Lipinski definition) is 6. The van der Waals surface area contributed by atoms with Crippen LogP contribution < -0.4 is 4.72 Å². The number of rotatable bonds is 9. The Kier molecular flexibility index (Phi) is 5.98. The van der Waals surface area contributed by atoms with E-state index in [0.717, 1.165) is 29.1 Å². The van der Waals surface area contributed by atoms with Gasteiger partial charge in [0.2, 0.25) is 15.2 Å². The first kappa shape index (κ1) is 20.1. The van der Waals surface area contributed by atoms with Gasteiger partial charge in [-0.3, -0.25) is 0 Å². The number of nitrogens with one attached hydrogen (secondary N) is 1. The molecule has 152 valence electrons. The summed E-state index contributed by atoms with van der Waals surface area (Å²) in [6.45, 7) is 1.93. The molecule has 7 nitrogen and oxygen atoms in total. The van der Waals surface area contributed by atoms with Gasteiger partial charge >= 0.3 is 0 Å². The highest BCUT2D eigenvalue weighted by molar-refractivity contribution is 7.99. The van der Waals surface area contributed by atoms with Crippen molar-refractivity contribution in [1.82, 2.24) is 24.9 Å². The minimum absolute atomic E-state index is 0.273. The van der Waals surface area contributed by atoms with Gasteiger partial charge < -0.3 is 0 Å². The van der Waals surface area contributed by atoms with Gasteiger partial charge in [-0.15, -0.1) is 5.10 Å². The van der Waals surface area contributed by atoms with Crippen molar-refractivity contribution >= 4 is 21.8 Å². The van der Waals surface area contributed by atoms with E-state index in [1.807, 2.05) is 41.9 Å². The maximum atomic E-state index is 12.9. The summed E-state index contributed by atoms with van der Waals surface area (Å²) < 4.78 is 30.6. The molecule has 29 heavy (non-hydrogen) atoms. The Morgan fingerprint density at radius 2 is 1.86 bits per heavy atom. The Hall–Kier alpha value is -2.23. The zero-order valence-corrected chi connectivity index (χ0v) is 17.7. The Balaban J connectivity index is 1.48. The van der Waals surface area contributed by atoms with E-state index < -0.39 is 10.0 Å². The second-order valence-electron chi connectivity index (χ2n) is 7.17. The predicted molar refractivity (Wildman–Crippen MR) is 112 cm³/mol. The minimum Gasteiger partial charge on any atom is -0.217 e. The molecule has 3 aromatic rings. The van der Waals surface area contributed by atoms with E-state index in [0.29, 0.717) is 18.2 Å². The quantitative estimate of drug-likeness (QED) is 0.524. The number of nitrogens with zero attached hydrogens (tertiary/aromatic N) is 4. The molecule has 1 atom stereocenters. The van der Waals surface area contributed by atoms with Crippen molar-refractivity contribution in [1.29, 1.82) is 0 Å². The van der Waals surface area contributed by atoms with Gasteiger partial charge in [-0.25, -0.2) is 17.8 Å². The molecule has 9 heteroatoms. The first-order chi connectivity index (χ1) is 14.0. The maximum Gasteiger partial charge on any atom is 0.241 e. The summed E-state index contributed by atoms with van der Waals surface area (Å²) in [5.41, 5.74) is 1.96. The SMILES string of the molecule is Cc1ccc(S(=O)(=O)N[C@@H](CCSc2nnnn2C2CC2)c2ccccc2)cc1. The van der Waals surface area contributed by atoms with Crippen LogP contribution in [0.1, 0.15) is 42.5 Å². The van der Waals surface area contributed by atoms with Crippen molar-refractivity contribution in [3.8, 4) is 0 Å². The summed E-state index contributed by atoms with van der Waals surface area (Å²) in [4.78, 5) is 0.273. The summed E-state index contributed by atoms with van der Waals surface area (Å²) in [6.07, 6.45) is 2.85. The molecular formula is C20H23N5O2S2. The van der Waals surface area contributed by atoms with Gasteiger partial charge in [-0.05, 0) is 54.3 Å². The molecule has 0 aliphatic heterocycles. The lowest BCUT2D eigenvalue weighted by molar-refractivity contribution is 0.550. The van der Waals surface area contributed by atoms with Crippen molar-refractivity contribution in [2.45, 2.75) is 48.3 Å². The highest BCUT2D eigenvalue weighted by Gasteiger charge is 2.28. The van der Waals surface area contributed by atoms with E-state index in [-0.39, 0.29) is 10.9 Å². The van der Waals surface area contributed by atoms with Gasteiger partial charge in [-0.2, -0.15) is 0 Å². The molecule has 0 radical (unpaired) electrons. The Morgan fingerprint density at radius 3 is 2.55 bits per heavy atom. The van der Waals surface area contributed by atoms with E-state index >= 15 is 0 Å². The highest BCUT2D eigenvalue weighted by Crippen LogP contribution is 2.36. The second kappa shape index (κ2) is 8.64. The number of benzene rings is 2. The average Bonchev–Trinajstić information content (AvgIpc) is 3.46. The lowest BCUT2D eigenvalue weighted by atomic mass is 10.1. The molecule has 1 aliphatic carbocycles. The molecule has 1 heterocycles. The number of sulfonamides is 1. The van der Waals surface area contributed by atoms with Crippen LogP contribution in [0.5, 0.6) is 0 Å². The molecule has 1 aromatic heterocycles. The number of aryl methyl sites for hydroxylation is 1. The largest absolute Gasteiger partial charge is 0.241 e. The molecule has 0 amide bonds. The topological polar surface area (TPSA) is 89.8 Å². The average molecular weight is 430 g/mol. The van der Waals surface area contributed by atoms with Crippen LogP contribution >= 0.6 is 11.8 Å². The zero-order valence-electron chi connectivity index (χ0n) is 16.1. The lowest BCUT2D eigenvalue weighted by Gasteiger charge is -2.19. The van der Waals surface area contributed by atoms with E-state index in [2.05, 4.69) is 20.2 Å². The van der Waals surface area contributed by atoms with Gasteiger partial charge in [0.25, 0.3) is 0 Å². The van der Waals surface area contributed by atoms with Crippen LogP contribution in [-0.2, 0) is 10.0 Å². The molecule has 0 bridgehead atoms. The molecular weight excluding hydrogens is 406 g/mol. The summed E-state index contributed by atoms with van der Waals surface area (Å²) in [5, 5.41) is 12.7. The Labute approximate surface area is 175 Å². The van der Waals surface area contributed by atoms with Crippen molar-refractivity contribution < 1.29 is 8.42 Å². The first-order valence-electron chi connectivity index (χ1n) is 9.57. The lowest BCUT2D eigenvalue weighted by Crippen LogP contribution is -2.29. The molecule has 2 aromatic carbocycles. The van der Waals surface area contributed by atoms with Gasteiger partial charge in [-0.1, -0.05) is 59.8 Å². The highest BCUT2D eigenvalue weighted by atomic mass is 32.2. The normalized spacial score (nSPS) is 15.3. The third-order valence-electron chi connectivity index (χ3n) is 4.82. The Morgan fingerprint density at radius 1 is 1.14 bits per heavy atom. The van der Waals surface area contributed by atoms with Crippen LogP contribution in [0.4, 0.5) is 0 Å². The molecule has 4 rings (SSSR count). The fraction of sp³-hybridized carbons (Fsp3) is 0.350. The smallest absolute Gasteiger partial charge is 0.217 e. The molecule has 1 saturated carbocycles. The Bertz CT molecular complexity index is 1050. The molecule has 1 fully saturated rings. The van der Waals surface area contributed by atoms with E-state index in [4.69, 9.17) is 0 Å². The monoisotopic (exact) mass is 429 g/mol. The second-order valence-corrected chi connectivity index (χ2v) is 9.95. The van der Waals surface area contributed by atoms with Crippen LogP contribution in [0.2, 0.25) is 0 Å². The van der Waals surface area contributed by atoms with E-state index in [1.54, 1.807) is 36.0 Å². The first-order valence-corrected chi connectivity index (χ1v) is 12.0. The summed E-state index contributed by atoms with van der Waals surface area (Å²) in [5.74, 6) is 0.697. The van der Waals surface area contributed by atoms with Crippen LogP contribution in [0.3, 0.4) is 0 Å². The number of aromatic nitrogens is 4. The van der Waals surface area contributed by atoms with Crippen molar-refractivity contribution in [3.63, 3.8) is 0 Å². The maximum absolute atomic E-state index is 12.9. The predicted octanol–water partition coefficient (Wildman–Crippen LogP) is 3.52. The standard InChI is InChI=1S/C20H23N5O2S2/c1-15-7-11-18(12-8-15)29(26,27)22-19(16-5-3-2-4-6-16)13-14-28-20-21-23-24-25(20)17-9-10-17/h2-8,11-12,17,19,22H,9-10,13-14H2,1H3/t19-/m0/s1. The van der Waals surface area contributed by atoms with Gasteiger partial charge in [0.05, 0.1) is 10.9 Å². The van der Waals surface area contributed by atoms with Gasteiger partial charge in [0.15, 0.2) is 0 Å². The molecule has 0 spiro atoms. The number of tetrazole rings is 1. The van der Waals surface area contributed by atoms with Crippen LogP contribution in [0.15, 0.2) is 64.6 Å². The van der Waals surface area contributed by atoms with Gasteiger partial charge in [0, 0.05) is 11.8 Å². The van der Waals surface area contributed by atoms with E-state index in [9.17, 15) is 8.42 Å². The molecule has 1 N–H and O–H groups in total. The third kappa shape index (κ3) is 5.04. The molecule has 1 aliphatic rings. The molecule has 0 saturated heterocycles. The fourth-order valence-electron chi connectivity index (χ4n) is 3.05. The third-order valence-corrected chi connectivity index (χ3v) is 7.28. The minimum atomic E-state index is -3.63. The van der Waals surface area contributed by atoms with Crippen LogP contribution in [0.25, 0.3) is 0 Å². The zero-order chi connectivity index (χ0) is 20.3. The van der Waals surface area contributed by atoms with Crippen LogP contribution in [-0.4, -0.2) is 34.4 Å². The van der Waals surface area contributed by atoms with E-state index in [1.165, 1.54) is 0 Å². The summed E-state index contributed by atoms with van der Waals surface area (Å²) in [6, 6.07) is 16.6. The number of thioether (sulfide) groups is 1. The summed E-state index contributed by atoms with van der Waals surface area (Å²) in [7, 11) is -3.63.